The van der Waals surface area contributed by atoms with Gasteiger partial charge in [-0.1, -0.05) is 27.5 Å². The summed E-state index contributed by atoms with van der Waals surface area (Å²) in [5.41, 5.74) is -2.06. The van der Waals surface area contributed by atoms with Crippen molar-refractivity contribution in [3.05, 3.63) is 26.9 Å². The molecule has 0 saturated carbocycles. The fourth-order valence-electron chi connectivity index (χ4n) is 0.834. The topological polar surface area (TPSA) is 12.9 Å². The van der Waals surface area contributed by atoms with Crippen LogP contribution in [0.4, 0.5) is 22.0 Å². The largest absolute Gasteiger partial charge is 0.433 e. The number of alkyl halides is 5. The summed E-state index contributed by atoms with van der Waals surface area (Å²) in [5, 5.41) is -0.855. The van der Waals surface area contributed by atoms with Crippen molar-refractivity contribution in [2.24, 2.45) is 0 Å². The maximum Gasteiger partial charge on any atom is 0.433 e. The van der Waals surface area contributed by atoms with E-state index in [1.54, 1.807) is 0 Å². The second-order valence-corrected chi connectivity index (χ2v) is 3.70. The Balaban J connectivity index is 3.32. The minimum atomic E-state index is -4.72. The van der Waals surface area contributed by atoms with Gasteiger partial charge in [0, 0.05) is 4.47 Å². The van der Waals surface area contributed by atoms with Crippen molar-refractivity contribution in [1.82, 2.24) is 4.98 Å². The quantitative estimate of drug-likeness (QED) is 0.551. The monoisotopic (exact) mass is 309 g/mol. The Morgan fingerprint density at radius 1 is 1.33 bits per heavy atom. The van der Waals surface area contributed by atoms with E-state index in [2.05, 4.69) is 20.9 Å². The summed E-state index contributed by atoms with van der Waals surface area (Å²) in [6.07, 6.45) is -7.70. The van der Waals surface area contributed by atoms with Gasteiger partial charge in [-0.2, -0.15) is 13.2 Å². The fourth-order valence-corrected chi connectivity index (χ4v) is 1.80. The maximum atomic E-state index is 12.3. The van der Waals surface area contributed by atoms with Gasteiger partial charge in [0.1, 0.15) is 10.8 Å². The molecule has 0 fully saturated rings. The standard InChI is InChI=1S/C7H2BrClF5N/c8-2-1-3(7(12,13)14)15-5(9)4(2)6(10)11/h1,6H. The highest BCUT2D eigenvalue weighted by atomic mass is 79.9. The highest BCUT2D eigenvalue weighted by Crippen LogP contribution is 2.37. The number of halogens is 7. The second-order valence-electron chi connectivity index (χ2n) is 2.49. The molecule has 8 heteroatoms. The molecule has 0 aromatic carbocycles. The van der Waals surface area contributed by atoms with Gasteiger partial charge >= 0.3 is 6.18 Å². The van der Waals surface area contributed by atoms with Crippen LogP contribution in [0.15, 0.2) is 10.5 Å². The summed E-state index contributed by atoms with van der Waals surface area (Å²) >= 11 is 7.80. The van der Waals surface area contributed by atoms with Gasteiger partial charge in [-0.15, -0.1) is 0 Å². The van der Waals surface area contributed by atoms with Gasteiger partial charge < -0.3 is 0 Å². The molecule has 0 unspecified atom stereocenters. The van der Waals surface area contributed by atoms with Gasteiger partial charge in [-0.3, -0.25) is 0 Å². The highest BCUT2D eigenvalue weighted by Gasteiger charge is 2.34. The van der Waals surface area contributed by atoms with Gasteiger partial charge in [-0.05, 0) is 6.07 Å². The molecule has 1 heterocycles. The summed E-state index contributed by atoms with van der Waals surface area (Å²) in [6, 6.07) is 0.466. The second kappa shape index (κ2) is 4.21. The van der Waals surface area contributed by atoms with Crippen molar-refractivity contribution in [3.63, 3.8) is 0 Å². The van der Waals surface area contributed by atoms with Gasteiger partial charge in [0.15, 0.2) is 0 Å². The van der Waals surface area contributed by atoms with E-state index in [0.717, 1.165) is 0 Å². The lowest BCUT2D eigenvalue weighted by atomic mass is 10.2. The first-order chi connectivity index (χ1) is 6.73. The molecule has 1 nitrogen and oxygen atoms in total. The smallest absolute Gasteiger partial charge is 0.231 e. The van der Waals surface area contributed by atoms with Crippen LogP contribution < -0.4 is 0 Å². The zero-order valence-corrected chi connectivity index (χ0v) is 9.09. The third kappa shape index (κ3) is 2.78. The molecule has 0 aliphatic heterocycles. The normalized spacial score (nSPS) is 12.3. The van der Waals surface area contributed by atoms with E-state index in [1.807, 2.05) is 0 Å². The van der Waals surface area contributed by atoms with Crippen LogP contribution in [0.3, 0.4) is 0 Å². The lowest BCUT2D eigenvalue weighted by molar-refractivity contribution is -0.141. The molecule has 1 aromatic rings. The minimum Gasteiger partial charge on any atom is -0.231 e. The van der Waals surface area contributed by atoms with Crippen molar-refractivity contribution in [2.75, 3.05) is 0 Å². The molecule has 0 bridgehead atoms. The number of hydrogen-bond donors (Lipinski definition) is 0. The molecule has 0 spiro atoms. The molecule has 0 aliphatic rings. The Bertz CT molecular complexity index is 355. The summed E-state index contributed by atoms with van der Waals surface area (Å²) in [5.74, 6) is 0. The SMILES string of the molecule is FC(F)c1c(Br)cc(C(F)(F)F)nc1Cl. The molecular formula is C7H2BrClF5N. The summed E-state index contributed by atoms with van der Waals surface area (Å²) in [7, 11) is 0. The van der Waals surface area contributed by atoms with Gasteiger partial charge in [0.25, 0.3) is 6.43 Å². The van der Waals surface area contributed by atoms with E-state index >= 15 is 0 Å². The Morgan fingerprint density at radius 2 is 1.87 bits per heavy atom. The van der Waals surface area contributed by atoms with Crippen molar-refractivity contribution in [1.29, 1.82) is 0 Å². The lowest BCUT2D eigenvalue weighted by Crippen LogP contribution is -2.09. The van der Waals surface area contributed by atoms with Crippen LogP contribution in [0.2, 0.25) is 5.15 Å². The van der Waals surface area contributed by atoms with Crippen LogP contribution in [-0.2, 0) is 6.18 Å². The lowest BCUT2D eigenvalue weighted by Gasteiger charge is -2.10. The third-order valence-corrected chi connectivity index (χ3v) is 2.41. The molecule has 15 heavy (non-hydrogen) atoms. The molecule has 0 N–H and O–H groups in total. The molecule has 0 atom stereocenters. The van der Waals surface area contributed by atoms with Gasteiger partial charge in [0.2, 0.25) is 0 Å². The maximum absolute atomic E-state index is 12.3. The zero-order chi connectivity index (χ0) is 11.8. The Hall–Kier alpha value is -0.430. The molecule has 0 aliphatic carbocycles. The molecular weight excluding hydrogens is 308 g/mol. The summed E-state index contributed by atoms with van der Waals surface area (Å²) in [6.45, 7) is 0. The van der Waals surface area contributed by atoms with Crippen LogP contribution in [0, 0.1) is 0 Å². The first-order valence-electron chi connectivity index (χ1n) is 3.44. The molecule has 0 saturated heterocycles. The summed E-state index contributed by atoms with van der Waals surface area (Å²) in [4.78, 5) is 2.86. The molecule has 0 radical (unpaired) electrons. The average Bonchev–Trinajstić information content (AvgIpc) is 1.99. The van der Waals surface area contributed by atoms with E-state index in [9.17, 15) is 22.0 Å². The van der Waals surface area contributed by atoms with Crippen molar-refractivity contribution in [3.8, 4) is 0 Å². The molecule has 0 amide bonds. The number of nitrogens with zero attached hydrogens (tertiary/aromatic N) is 1. The Kier molecular flexibility index (Phi) is 3.55. The number of pyridine rings is 1. The minimum absolute atomic E-state index is 0.412. The van der Waals surface area contributed by atoms with Crippen LogP contribution in [-0.4, -0.2) is 4.98 Å². The molecule has 1 rings (SSSR count). The van der Waals surface area contributed by atoms with Gasteiger partial charge in [-0.25, -0.2) is 13.8 Å². The van der Waals surface area contributed by atoms with E-state index in [-0.39, 0.29) is 0 Å². The average molecular weight is 310 g/mol. The fraction of sp³-hybridized carbons (Fsp3) is 0.286. The Morgan fingerprint density at radius 3 is 2.20 bits per heavy atom. The van der Waals surface area contributed by atoms with Crippen molar-refractivity contribution < 1.29 is 22.0 Å². The van der Waals surface area contributed by atoms with Gasteiger partial charge in [0.05, 0.1) is 5.56 Å². The predicted molar refractivity (Wildman–Crippen MR) is 46.9 cm³/mol. The first-order valence-corrected chi connectivity index (χ1v) is 4.62. The number of rotatable bonds is 1. The zero-order valence-electron chi connectivity index (χ0n) is 6.75. The number of hydrogen-bond acceptors (Lipinski definition) is 1. The molecule has 1 aromatic heterocycles. The van der Waals surface area contributed by atoms with E-state index in [4.69, 9.17) is 11.6 Å². The van der Waals surface area contributed by atoms with Crippen LogP contribution in [0.1, 0.15) is 17.7 Å². The predicted octanol–water partition coefficient (Wildman–Crippen LogP) is 4.45. The summed E-state index contributed by atoms with van der Waals surface area (Å²) < 4.78 is 60.6. The van der Waals surface area contributed by atoms with Crippen LogP contribution >= 0.6 is 27.5 Å². The van der Waals surface area contributed by atoms with Crippen molar-refractivity contribution >= 4 is 27.5 Å². The number of aromatic nitrogens is 1. The van der Waals surface area contributed by atoms with E-state index < -0.39 is 33.5 Å². The van der Waals surface area contributed by atoms with Crippen LogP contribution in [0.5, 0.6) is 0 Å². The first kappa shape index (κ1) is 12.6. The molecule has 84 valence electrons. The van der Waals surface area contributed by atoms with Crippen LogP contribution in [0.25, 0.3) is 0 Å². The third-order valence-electron chi connectivity index (χ3n) is 1.47. The van der Waals surface area contributed by atoms with E-state index in [1.165, 1.54) is 0 Å². The van der Waals surface area contributed by atoms with Crippen molar-refractivity contribution in [2.45, 2.75) is 12.6 Å². The highest BCUT2D eigenvalue weighted by molar-refractivity contribution is 9.10. The van der Waals surface area contributed by atoms with E-state index in [0.29, 0.717) is 6.07 Å². The Labute approximate surface area is 94.4 Å².